The average molecular weight is 404 g/mol. The number of para-hydroxylation sites is 1. The fraction of sp³-hybridized carbons (Fsp3) is 0.450. The Balaban J connectivity index is 1.96. The van der Waals surface area contributed by atoms with Crippen LogP contribution in [0.2, 0.25) is 0 Å². The molecule has 0 aliphatic rings. The number of hydrogen-bond acceptors (Lipinski definition) is 6. The van der Waals surface area contributed by atoms with Crippen LogP contribution in [0.25, 0.3) is 0 Å². The van der Waals surface area contributed by atoms with E-state index in [1.165, 1.54) is 6.26 Å². The van der Waals surface area contributed by atoms with Crippen LogP contribution in [0.3, 0.4) is 0 Å². The monoisotopic (exact) mass is 404 g/mol. The molecule has 1 heterocycles. The molecule has 2 aromatic rings. The van der Waals surface area contributed by atoms with Gasteiger partial charge in [0, 0.05) is 46.2 Å². The lowest BCUT2D eigenvalue weighted by molar-refractivity contribution is 0.0943. The standard InChI is InChI=1S/C20H28N4O5/c1-27-12-6-10-21-19(25)17-15-29-18(23-17)14-24(11-7-13-28-2)20(26)22-16-8-4-3-5-9-16/h3-5,8-9,15H,6-7,10-14H2,1-2H3,(H,21,25)(H,22,26). The van der Waals surface area contributed by atoms with E-state index in [0.29, 0.717) is 44.8 Å². The minimum absolute atomic E-state index is 0.138. The Hall–Kier alpha value is -2.91. The number of urea groups is 1. The quantitative estimate of drug-likeness (QED) is 0.527. The highest BCUT2D eigenvalue weighted by Gasteiger charge is 2.18. The Bertz CT molecular complexity index is 750. The zero-order chi connectivity index (χ0) is 20.9. The molecule has 2 N–H and O–H groups in total. The Morgan fingerprint density at radius 3 is 2.55 bits per heavy atom. The van der Waals surface area contributed by atoms with E-state index in [0.717, 1.165) is 0 Å². The van der Waals surface area contributed by atoms with Crippen molar-refractivity contribution in [3.05, 3.63) is 48.2 Å². The van der Waals surface area contributed by atoms with Crippen LogP contribution < -0.4 is 10.6 Å². The highest BCUT2D eigenvalue weighted by molar-refractivity contribution is 5.92. The number of rotatable bonds is 12. The van der Waals surface area contributed by atoms with Crippen molar-refractivity contribution in [1.29, 1.82) is 0 Å². The summed E-state index contributed by atoms with van der Waals surface area (Å²) in [7, 11) is 3.22. The highest BCUT2D eigenvalue weighted by Crippen LogP contribution is 2.11. The summed E-state index contributed by atoms with van der Waals surface area (Å²) in [5, 5.41) is 5.59. The summed E-state index contributed by atoms with van der Waals surface area (Å²) in [5.41, 5.74) is 0.871. The van der Waals surface area contributed by atoms with Crippen LogP contribution >= 0.6 is 0 Å². The van der Waals surface area contributed by atoms with Gasteiger partial charge in [-0.05, 0) is 25.0 Å². The molecule has 9 heteroatoms. The molecule has 0 fully saturated rings. The second-order valence-corrected chi connectivity index (χ2v) is 6.29. The molecule has 0 spiro atoms. The molecule has 1 aromatic carbocycles. The molecule has 0 bridgehead atoms. The summed E-state index contributed by atoms with van der Waals surface area (Å²) in [6.45, 7) is 2.16. The summed E-state index contributed by atoms with van der Waals surface area (Å²) in [6.07, 6.45) is 2.66. The third-order valence-corrected chi connectivity index (χ3v) is 4.01. The van der Waals surface area contributed by atoms with E-state index in [4.69, 9.17) is 13.9 Å². The van der Waals surface area contributed by atoms with Gasteiger partial charge < -0.3 is 29.4 Å². The SMILES string of the molecule is COCCCNC(=O)c1coc(CN(CCCOC)C(=O)Nc2ccccc2)n1. The minimum atomic E-state index is -0.323. The Kier molecular flexibility index (Phi) is 9.67. The van der Waals surface area contributed by atoms with E-state index in [9.17, 15) is 9.59 Å². The maximum atomic E-state index is 12.7. The van der Waals surface area contributed by atoms with Gasteiger partial charge in [0.15, 0.2) is 5.69 Å². The zero-order valence-electron chi connectivity index (χ0n) is 16.8. The molecule has 2 rings (SSSR count). The summed E-state index contributed by atoms with van der Waals surface area (Å²) < 4.78 is 15.4. The lowest BCUT2D eigenvalue weighted by Crippen LogP contribution is -2.35. The van der Waals surface area contributed by atoms with Crippen LogP contribution in [0.4, 0.5) is 10.5 Å². The number of aromatic nitrogens is 1. The number of nitrogens with zero attached hydrogens (tertiary/aromatic N) is 2. The van der Waals surface area contributed by atoms with Gasteiger partial charge >= 0.3 is 6.03 Å². The Morgan fingerprint density at radius 1 is 1.10 bits per heavy atom. The molecule has 3 amide bonds. The second kappa shape index (κ2) is 12.5. The molecular weight excluding hydrogens is 376 g/mol. The zero-order valence-corrected chi connectivity index (χ0v) is 16.8. The predicted octanol–water partition coefficient (Wildman–Crippen LogP) is 2.51. The molecular formula is C20H28N4O5. The highest BCUT2D eigenvalue weighted by atomic mass is 16.5. The molecule has 158 valence electrons. The lowest BCUT2D eigenvalue weighted by atomic mass is 10.3. The van der Waals surface area contributed by atoms with Crippen molar-refractivity contribution in [3.8, 4) is 0 Å². The maximum absolute atomic E-state index is 12.7. The molecule has 0 saturated carbocycles. The molecule has 0 radical (unpaired) electrons. The largest absolute Gasteiger partial charge is 0.446 e. The van der Waals surface area contributed by atoms with Crippen LogP contribution in [0.5, 0.6) is 0 Å². The van der Waals surface area contributed by atoms with Crippen molar-refractivity contribution in [3.63, 3.8) is 0 Å². The number of amides is 3. The molecule has 0 aliphatic carbocycles. The lowest BCUT2D eigenvalue weighted by Gasteiger charge is -2.21. The summed E-state index contributed by atoms with van der Waals surface area (Å²) >= 11 is 0. The van der Waals surface area contributed by atoms with Crippen LogP contribution in [-0.2, 0) is 16.0 Å². The van der Waals surface area contributed by atoms with Gasteiger partial charge in [-0.2, -0.15) is 0 Å². The number of hydrogen-bond donors (Lipinski definition) is 2. The molecule has 0 saturated heterocycles. The number of benzene rings is 1. The summed E-state index contributed by atoms with van der Waals surface area (Å²) in [5.74, 6) is -0.0385. The van der Waals surface area contributed by atoms with Crippen LogP contribution in [0.15, 0.2) is 41.0 Å². The predicted molar refractivity (Wildman–Crippen MR) is 108 cm³/mol. The van der Waals surface area contributed by atoms with Crippen LogP contribution in [0.1, 0.15) is 29.2 Å². The van der Waals surface area contributed by atoms with Gasteiger partial charge in [0.05, 0.1) is 6.54 Å². The number of carbonyl (C=O) groups is 2. The van der Waals surface area contributed by atoms with Crippen molar-refractivity contribution in [2.75, 3.05) is 45.8 Å². The molecule has 1 aromatic heterocycles. The summed E-state index contributed by atoms with van der Waals surface area (Å²) in [6, 6.07) is 8.90. The smallest absolute Gasteiger partial charge is 0.322 e. The number of anilines is 1. The molecule has 0 atom stereocenters. The number of carbonyl (C=O) groups excluding carboxylic acids is 2. The van der Waals surface area contributed by atoms with E-state index < -0.39 is 0 Å². The fourth-order valence-corrected chi connectivity index (χ4v) is 2.54. The van der Waals surface area contributed by atoms with Crippen molar-refractivity contribution in [1.82, 2.24) is 15.2 Å². The van der Waals surface area contributed by atoms with Gasteiger partial charge in [-0.3, -0.25) is 4.79 Å². The topological polar surface area (TPSA) is 106 Å². The van der Waals surface area contributed by atoms with Crippen LogP contribution in [-0.4, -0.2) is 62.3 Å². The van der Waals surface area contributed by atoms with E-state index in [1.54, 1.807) is 19.1 Å². The van der Waals surface area contributed by atoms with Gasteiger partial charge in [-0.1, -0.05) is 18.2 Å². The number of ether oxygens (including phenoxy) is 2. The third kappa shape index (κ3) is 7.92. The number of methoxy groups -OCH3 is 2. The Morgan fingerprint density at radius 2 is 1.83 bits per heavy atom. The van der Waals surface area contributed by atoms with Crippen molar-refractivity contribution >= 4 is 17.6 Å². The first-order chi connectivity index (χ1) is 14.1. The minimum Gasteiger partial charge on any atom is -0.446 e. The normalized spacial score (nSPS) is 10.6. The van der Waals surface area contributed by atoms with Crippen molar-refractivity contribution < 1.29 is 23.5 Å². The fourth-order valence-electron chi connectivity index (χ4n) is 2.54. The third-order valence-electron chi connectivity index (χ3n) is 4.01. The first-order valence-electron chi connectivity index (χ1n) is 9.45. The number of oxazole rings is 1. The molecule has 0 unspecified atom stereocenters. The van der Waals surface area contributed by atoms with Crippen molar-refractivity contribution in [2.24, 2.45) is 0 Å². The average Bonchev–Trinajstić information content (AvgIpc) is 3.20. The van der Waals surface area contributed by atoms with Crippen LogP contribution in [0, 0.1) is 0 Å². The maximum Gasteiger partial charge on any atom is 0.322 e. The van der Waals surface area contributed by atoms with Gasteiger partial charge in [-0.25, -0.2) is 9.78 Å². The second-order valence-electron chi connectivity index (χ2n) is 6.29. The molecule has 29 heavy (non-hydrogen) atoms. The first-order valence-corrected chi connectivity index (χ1v) is 9.45. The van der Waals surface area contributed by atoms with E-state index >= 15 is 0 Å². The van der Waals surface area contributed by atoms with Gasteiger partial charge in [0.1, 0.15) is 6.26 Å². The summed E-state index contributed by atoms with van der Waals surface area (Å²) in [4.78, 5) is 30.5. The first kappa shape index (κ1) is 22.4. The van der Waals surface area contributed by atoms with Crippen molar-refractivity contribution in [2.45, 2.75) is 19.4 Å². The number of nitrogens with one attached hydrogen (secondary N) is 2. The van der Waals surface area contributed by atoms with E-state index in [2.05, 4.69) is 15.6 Å². The van der Waals surface area contributed by atoms with Gasteiger partial charge in [0.2, 0.25) is 5.89 Å². The van der Waals surface area contributed by atoms with Gasteiger partial charge in [0.25, 0.3) is 5.91 Å². The molecule has 9 nitrogen and oxygen atoms in total. The van der Waals surface area contributed by atoms with E-state index in [-0.39, 0.29) is 30.1 Å². The Labute approximate surface area is 170 Å². The van der Waals surface area contributed by atoms with E-state index in [1.807, 2.05) is 30.3 Å². The molecule has 0 aliphatic heterocycles. The van der Waals surface area contributed by atoms with Gasteiger partial charge in [-0.15, -0.1) is 0 Å².